The van der Waals surface area contributed by atoms with Crippen LogP contribution in [0.5, 0.6) is 0 Å². The Morgan fingerprint density at radius 1 is 1.30 bits per heavy atom. The zero-order chi connectivity index (χ0) is 14.9. The Labute approximate surface area is 121 Å². The second-order valence-corrected chi connectivity index (χ2v) is 7.65. The van der Waals surface area contributed by atoms with E-state index in [4.69, 9.17) is 5.73 Å². The number of hydrogen-bond donors (Lipinski definition) is 2. The Morgan fingerprint density at radius 2 is 1.95 bits per heavy atom. The molecule has 0 amide bonds. The van der Waals surface area contributed by atoms with Crippen LogP contribution in [0.1, 0.15) is 36.5 Å². The van der Waals surface area contributed by atoms with E-state index in [-0.39, 0.29) is 0 Å². The molecule has 4 nitrogen and oxygen atoms in total. The Bertz CT molecular complexity index is 592. The van der Waals surface area contributed by atoms with Gasteiger partial charge in [0.25, 0.3) is 0 Å². The highest BCUT2D eigenvalue weighted by Gasteiger charge is 2.29. The first kappa shape index (κ1) is 15.5. The molecule has 0 saturated heterocycles. The zero-order valence-corrected chi connectivity index (χ0v) is 13.3. The first-order chi connectivity index (χ1) is 9.35. The molecule has 1 unspecified atom stereocenters. The summed E-state index contributed by atoms with van der Waals surface area (Å²) in [7, 11) is -3.45. The number of sulfonamides is 1. The molecule has 1 fully saturated rings. The van der Waals surface area contributed by atoms with Crippen LogP contribution in [0.3, 0.4) is 0 Å². The summed E-state index contributed by atoms with van der Waals surface area (Å²) < 4.78 is 27.6. The molecule has 1 atom stereocenters. The van der Waals surface area contributed by atoms with Gasteiger partial charge in [0.2, 0.25) is 10.0 Å². The summed E-state index contributed by atoms with van der Waals surface area (Å²) in [6.07, 6.45) is 2.45. The van der Waals surface area contributed by atoms with E-state index in [2.05, 4.69) is 11.6 Å². The van der Waals surface area contributed by atoms with Gasteiger partial charge >= 0.3 is 0 Å². The van der Waals surface area contributed by atoms with Crippen LogP contribution in [0.4, 0.5) is 0 Å². The molecule has 20 heavy (non-hydrogen) atoms. The van der Waals surface area contributed by atoms with Crippen molar-refractivity contribution in [3.05, 3.63) is 28.8 Å². The molecular weight excluding hydrogens is 272 g/mol. The van der Waals surface area contributed by atoms with Crippen LogP contribution in [0.15, 0.2) is 17.0 Å². The molecule has 1 aromatic carbocycles. The third-order valence-corrected chi connectivity index (χ3v) is 5.73. The van der Waals surface area contributed by atoms with Gasteiger partial charge in [-0.25, -0.2) is 13.1 Å². The summed E-state index contributed by atoms with van der Waals surface area (Å²) in [6.45, 7) is 6.75. The summed E-state index contributed by atoms with van der Waals surface area (Å²) in [5, 5.41) is 0. The highest BCUT2D eigenvalue weighted by Crippen LogP contribution is 2.36. The van der Waals surface area contributed by atoms with Crippen molar-refractivity contribution in [3.8, 4) is 0 Å². The minimum absolute atomic E-state index is 0.353. The van der Waals surface area contributed by atoms with Gasteiger partial charge < -0.3 is 5.73 Å². The van der Waals surface area contributed by atoms with Crippen molar-refractivity contribution in [1.29, 1.82) is 0 Å². The summed E-state index contributed by atoms with van der Waals surface area (Å²) in [6, 6.07) is 3.59. The lowest BCUT2D eigenvalue weighted by atomic mass is 10.1. The first-order valence-corrected chi connectivity index (χ1v) is 8.63. The lowest BCUT2D eigenvalue weighted by Crippen LogP contribution is -2.29. The maximum absolute atomic E-state index is 12.4. The predicted octanol–water partition coefficient (Wildman–Crippen LogP) is 2.09. The van der Waals surface area contributed by atoms with Crippen LogP contribution in [-0.4, -0.2) is 15.0 Å². The molecule has 2 rings (SSSR count). The Kier molecular flexibility index (Phi) is 4.52. The molecule has 1 aliphatic rings. The Hall–Kier alpha value is -0.910. The maximum Gasteiger partial charge on any atom is 0.240 e. The quantitative estimate of drug-likeness (QED) is 0.844. The van der Waals surface area contributed by atoms with Crippen LogP contribution in [-0.2, 0) is 16.6 Å². The van der Waals surface area contributed by atoms with Gasteiger partial charge in [0.15, 0.2) is 0 Å². The largest absolute Gasteiger partial charge is 0.326 e. The highest BCUT2D eigenvalue weighted by molar-refractivity contribution is 7.89. The monoisotopic (exact) mass is 296 g/mol. The summed E-state index contributed by atoms with van der Waals surface area (Å²) >= 11 is 0. The van der Waals surface area contributed by atoms with Crippen molar-refractivity contribution in [1.82, 2.24) is 4.72 Å². The molecule has 0 heterocycles. The van der Waals surface area contributed by atoms with Crippen LogP contribution in [0, 0.1) is 25.7 Å². The molecule has 112 valence electrons. The standard InChI is InChI=1S/C15H24N2O2S/c1-10-6-11(2)15(7-14(10)8-16)20(18,19)17-9-12(3)13-4-5-13/h6-7,12-13,17H,4-5,8-9,16H2,1-3H3. The third kappa shape index (κ3) is 3.40. The van der Waals surface area contributed by atoms with Crippen molar-refractivity contribution >= 4 is 10.0 Å². The van der Waals surface area contributed by atoms with Gasteiger partial charge in [-0.2, -0.15) is 0 Å². The second-order valence-electron chi connectivity index (χ2n) is 5.91. The fourth-order valence-electron chi connectivity index (χ4n) is 2.53. The van der Waals surface area contributed by atoms with Crippen molar-refractivity contribution in [2.24, 2.45) is 17.6 Å². The third-order valence-electron chi connectivity index (χ3n) is 4.17. The van der Waals surface area contributed by atoms with E-state index in [1.165, 1.54) is 12.8 Å². The van der Waals surface area contributed by atoms with E-state index in [9.17, 15) is 8.42 Å². The normalized spacial score (nSPS) is 17.2. The average molecular weight is 296 g/mol. The fourth-order valence-corrected chi connectivity index (χ4v) is 3.95. The van der Waals surface area contributed by atoms with E-state index in [1.54, 1.807) is 6.07 Å². The summed E-state index contributed by atoms with van der Waals surface area (Å²) in [5.41, 5.74) is 8.36. The second kappa shape index (κ2) is 5.84. The molecule has 0 aliphatic heterocycles. The molecule has 0 spiro atoms. The van der Waals surface area contributed by atoms with Gasteiger partial charge in [0.05, 0.1) is 4.90 Å². The number of hydrogen-bond acceptors (Lipinski definition) is 3. The lowest BCUT2D eigenvalue weighted by molar-refractivity contribution is 0.491. The number of benzene rings is 1. The van der Waals surface area contributed by atoms with E-state index in [0.717, 1.165) is 16.7 Å². The van der Waals surface area contributed by atoms with Gasteiger partial charge in [0.1, 0.15) is 0 Å². The molecule has 1 saturated carbocycles. The number of nitrogens with one attached hydrogen (secondary N) is 1. The topological polar surface area (TPSA) is 72.2 Å². The molecule has 3 N–H and O–H groups in total. The van der Waals surface area contributed by atoms with Crippen molar-refractivity contribution in [2.45, 2.75) is 45.1 Å². The lowest BCUT2D eigenvalue weighted by Gasteiger charge is -2.15. The Balaban J connectivity index is 2.19. The number of nitrogens with two attached hydrogens (primary N) is 1. The van der Waals surface area contributed by atoms with Gasteiger partial charge in [0, 0.05) is 13.1 Å². The van der Waals surface area contributed by atoms with Crippen LogP contribution in [0.25, 0.3) is 0 Å². The summed E-state index contributed by atoms with van der Waals surface area (Å²) in [5.74, 6) is 1.10. The van der Waals surface area contributed by atoms with E-state index < -0.39 is 10.0 Å². The van der Waals surface area contributed by atoms with Crippen molar-refractivity contribution in [3.63, 3.8) is 0 Å². The number of aryl methyl sites for hydroxylation is 2. The minimum atomic E-state index is -3.45. The van der Waals surface area contributed by atoms with Crippen LogP contribution < -0.4 is 10.5 Å². The SMILES string of the molecule is Cc1cc(C)c(S(=O)(=O)NCC(C)C2CC2)cc1CN. The van der Waals surface area contributed by atoms with Gasteiger partial charge in [-0.1, -0.05) is 13.0 Å². The predicted molar refractivity (Wildman–Crippen MR) is 80.9 cm³/mol. The van der Waals surface area contributed by atoms with Crippen LogP contribution in [0.2, 0.25) is 0 Å². The van der Waals surface area contributed by atoms with E-state index in [0.29, 0.717) is 29.8 Å². The Morgan fingerprint density at radius 3 is 2.50 bits per heavy atom. The molecule has 0 radical (unpaired) electrons. The summed E-state index contributed by atoms with van der Waals surface area (Å²) in [4.78, 5) is 0.353. The highest BCUT2D eigenvalue weighted by atomic mass is 32.2. The molecule has 1 aromatic rings. The van der Waals surface area contributed by atoms with E-state index >= 15 is 0 Å². The molecule has 0 aromatic heterocycles. The van der Waals surface area contributed by atoms with Gasteiger partial charge in [-0.05, 0) is 61.3 Å². The van der Waals surface area contributed by atoms with E-state index in [1.807, 2.05) is 19.9 Å². The first-order valence-electron chi connectivity index (χ1n) is 7.15. The van der Waals surface area contributed by atoms with Crippen LogP contribution >= 0.6 is 0 Å². The smallest absolute Gasteiger partial charge is 0.240 e. The minimum Gasteiger partial charge on any atom is -0.326 e. The number of rotatable bonds is 6. The molecule has 1 aliphatic carbocycles. The zero-order valence-electron chi connectivity index (χ0n) is 12.4. The molecular formula is C15H24N2O2S. The molecule has 0 bridgehead atoms. The maximum atomic E-state index is 12.4. The molecule has 5 heteroatoms. The van der Waals surface area contributed by atoms with Crippen molar-refractivity contribution < 1.29 is 8.42 Å². The van der Waals surface area contributed by atoms with Crippen molar-refractivity contribution in [2.75, 3.05) is 6.54 Å². The van der Waals surface area contributed by atoms with Gasteiger partial charge in [-0.15, -0.1) is 0 Å². The van der Waals surface area contributed by atoms with Gasteiger partial charge in [-0.3, -0.25) is 0 Å². The average Bonchev–Trinajstić information content (AvgIpc) is 3.20. The fraction of sp³-hybridized carbons (Fsp3) is 0.600.